The van der Waals surface area contributed by atoms with Gasteiger partial charge in [0.15, 0.2) is 0 Å². The van der Waals surface area contributed by atoms with Crippen LogP contribution >= 0.6 is 0 Å². The highest BCUT2D eigenvalue weighted by Crippen LogP contribution is 2.01. The molecule has 0 spiro atoms. The quantitative estimate of drug-likeness (QED) is 0.653. The Morgan fingerprint density at radius 1 is 1.36 bits per heavy atom. The van der Waals surface area contributed by atoms with Crippen molar-refractivity contribution in [1.82, 2.24) is 9.88 Å². The first-order valence-corrected chi connectivity index (χ1v) is 3.57. The maximum Gasteiger partial charge on any atom is 0.0673 e. The van der Waals surface area contributed by atoms with Crippen LogP contribution in [0.4, 0.5) is 5.69 Å². The van der Waals surface area contributed by atoms with Crippen molar-refractivity contribution in [3.05, 3.63) is 24.5 Å². The minimum absolute atomic E-state index is 0.851. The molecule has 0 radical (unpaired) electrons. The van der Waals surface area contributed by atoms with Gasteiger partial charge in [-0.25, -0.2) is 0 Å². The molecule has 0 bridgehead atoms. The number of nitrogens with one attached hydrogen (secondary N) is 1. The van der Waals surface area contributed by atoms with Crippen LogP contribution in [0.5, 0.6) is 0 Å². The number of nitrogens with zero attached hydrogens (tertiary/aromatic N) is 2. The molecule has 0 aliphatic rings. The summed E-state index contributed by atoms with van der Waals surface area (Å²) in [5.41, 5.74) is 1.11. The highest BCUT2D eigenvalue weighted by Gasteiger charge is 1.89. The molecule has 11 heavy (non-hydrogen) atoms. The van der Waals surface area contributed by atoms with E-state index >= 15 is 0 Å². The van der Waals surface area contributed by atoms with Gasteiger partial charge in [0.05, 0.1) is 6.67 Å². The summed E-state index contributed by atoms with van der Waals surface area (Å²) in [5.74, 6) is 0. The molecule has 0 amide bonds. The van der Waals surface area contributed by atoms with Gasteiger partial charge in [-0.05, 0) is 26.2 Å². The third kappa shape index (κ3) is 3.00. The van der Waals surface area contributed by atoms with Crippen molar-refractivity contribution in [2.75, 3.05) is 26.1 Å². The van der Waals surface area contributed by atoms with Crippen molar-refractivity contribution in [3.8, 4) is 0 Å². The van der Waals surface area contributed by atoms with Crippen molar-refractivity contribution in [1.29, 1.82) is 0 Å². The predicted molar refractivity (Wildman–Crippen MR) is 46.4 cm³/mol. The lowest BCUT2D eigenvalue weighted by Gasteiger charge is -2.11. The zero-order valence-corrected chi connectivity index (χ0v) is 6.91. The van der Waals surface area contributed by atoms with E-state index in [9.17, 15) is 0 Å². The summed E-state index contributed by atoms with van der Waals surface area (Å²) in [4.78, 5) is 5.99. The van der Waals surface area contributed by atoms with Crippen LogP contribution in [-0.4, -0.2) is 30.6 Å². The second-order valence-electron chi connectivity index (χ2n) is 2.65. The van der Waals surface area contributed by atoms with Gasteiger partial charge in [-0.3, -0.25) is 9.88 Å². The molecular formula is C8H13N3. The van der Waals surface area contributed by atoms with Gasteiger partial charge in [-0.1, -0.05) is 0 Å². The Kier molecular flexibility index (Phi) is 2.86. The van der Waals surface area contributed by atoms with Crippen LogP contribution in [0.3, 0.4) is 0 Å². The van der Waals surface area contributed by atoms with Crippen LogP contribution in [0, 0.1) is 0 Å². The second kappa shape index (κ2) is 3.93. The third-order valence-corrected chi connectivity index (χ3v) is 1.28. The summed E-state index contributed by atoms with van der Waals surface area (Å²) >= 11 is 0. The van der Waals surface area contributed by atoms with Crippen LogP contribution in [0.25, 0.3) is 0 Å². The average molecular weight is 151 g/mol. The molecule has 0 unspecified atom stereocenters. The van der Waals surface area contributed by atoms with Crippen molar-refractivity contribution >= 4 is 5.69 Å². The van der Waals surface area contributed by atoms with Crippen LogP contribution in [0.15, 0.2) is 24.5 Å². The maximum absolute atomic E-state index is 3.92. The summed E-state index contributed by atoms with van der Waals surface area (Å²) in [5, 5.41) is 3.23. The standard InChI is InChI=1S/C8H13N3/c1-11(2)7-10-8-3-5-9-6-4-8/h3-6H,7H2,1-2H3,(H,9,10). The number of hydrogen-bond donors (Lipinski definition) is 1. The summed E-state index contributed by atoms with van der Waals surface area (Å²) in [6.45, 7) is 0.851. The predicted octanol–water partition coefficient (Wildman–Crippen LogP) is 1.01. The van der Waals surface area contributed by atoms with Crippen molar-refractivity contribution < 1.29 is 0 Å². The van der Waals surface area contributed by atoms with Crippen molar-refractivity contribution in [2.24, 2.45) is 0 Å². The third-order valence-electron chi connectivity index (χ3n) is 1.28. The van der Waals surface area contributed by atoms with Gasteiger partial charge >= 0.3 is 0 Å². The van der Waals surface area contributed by atoms with E-state index in [4.69, 9.17) is 0 Å². The molecule has 0 aromatic carbocycles. The smallest absolute Gasteiger partial charge is 0.0673 e. The molecule has 0 saturated carbocycles. The van der Waals surface area contributed by atoms with Gasteiger partial charge in [0.1, 0.15) is 0 Å². The maximum atomic E-state index is 3.92. The molecule has 0 atom stereocenters. The molecular weight excluding hydrogens is 138 g/mol. The lowest BCUT2D eigenvalue weighted by molar-refractivity contribution is 0.440. The summed E-state index contributed by atoms with van der Waals surface area (Å²) in [7, 11) is 4.04. The number of pyridine rings is 1. The minimum Gasteiger partial charge on any atom is -0.372 e. The van der Waals surface area contributed by atoms with E-state index in [0.29, 0.717) is 0 Å². The largest absolute Gasteiger partial charge is 0.372 e. The van der Waals surface area contributed by atoms with Gasteiger partial charge in [-0.15, -0.1) is 0 Å². The molecule has 0 saturated heterocycles. The molecule has 60 valence electrons. The zero-order chi connectivity index (χ0) is 8.10. The molecule has 1 N–H and O–H groups in total. The molecule has 3 heteroatoms. The van der Waals surface area contributed by atoms with E-state index in [1.165, 1.54) is 0 Å². The highest BCUT2D eigenvalue weighted by atomic mass is 15.2. The molecule has 1 rings (SSSR count). The SMILES string of the molecule is CN(C)CNc1ccncc1. The number of aromatic nitrogens is 1. The minimum atomic E-state index is 0.851. The first kappa shape index (κ1) is 8.01. The molecule has 0 aliphatic carbocycles. The number of rotatable bonds is 3. The summed E-state index contributed by atoms with van der Waals surface area (Å²) in [6.07, 6.45) is 3.55. The molecule has 3 nitrogen and oxygen atoms in total. The summed E-state index contributed by atoms with van der Waals surface area (Å²) < 4.78 is 0. The van der Waals surface area contributed by atoms with Gasteiger partial charge in [0, 0.05) is 18.1 Å². The molecule has 1 aromatic rings. The van der Waals surface area contributed by atoms with E-state index in [2.05, 4.69) is 15.2 Å². The van der Waals surface area contributed by atoms with Gasteiger partial charge in [-0.2, -0.15) is 0 Å². The van der Waals surface area contributed by atoms with Crippen molar-refractivity contribution in [3.63, 3.8) is 0 Å². The fraction of sp³-hybridized carbons (Fsp3) is 0.375. The van der Waals surface area contributed by atoms with Crippen LogP contribution in [0.1, 0.15) is 0 Å². The first-order chi connectivity index (χ1) is 5.29. The topological polar surface area (TPSA) is 28.2 Å². The lowest BCUT2D eigenvalue weighted by atomic mass is 10.4. The van der Waals surface area contributed by atoms with E-state index in [1.54, 1.807) is 12.4 Å². The highest BCUT2D eigenvalue weighted by molar-refractivity contribution is 5.40. The molecule has 0 fully saturated rings. The van der Waals surface area contributed by atoms with Crippen LogP contribution in [-0.2, 0) is 0 Å². The Hall–Kier alpha value is -1.09. The zero-order valence-electron chi connectivity index (χ0n) is 6.91. The second-order valence-corrected chi connectivity index (χ2v) is 2.65. The van der Waals surface area contributed by atoms with Gasteiger partial charge in [0.25, 0.3) is 0 Å². The van der Waals surface area contributed by atoms with Crippen LogP contribution in [0.2, 0.25) is 0 Å². The Morgan fingerprint density at radius 2 is 2.00 bits per heavy atom. The first-order valence-electron chi connectivity index (χ1n) is 3.57. The normalized spacial score (nSPS) is 10.1. The fourth-order valence-electron chi connectivity index (χ4n) is 0.719. The van der Waals surface area contributed by atoms with Gasteiger partial charge < -0.3 is 5.32 Å². The molecule has 1 heterocycles. The van der Waals surface area contributed by atoms with E-state index < -0.39 is 0 Å². The monoisotopic (exact) mass is 151 g/mol. The van der Waals surface area contributed by atoms with Crippen molar-refractivity contribution in [2.45, 2.75) is 0 Å². The average Bonchev–Trinajstić information content (AvgIpc) is 2.03. The fourth-order valence-corrected chi connectivity index (χ4v) is 0.719. The lowest BCUT2D eigenvalue weighted by Crippen LogP contribution is -2.20. The van der Waals surface area contributed by atoms with Crippen LogP contribution < -0.4 is 5.32 Å². The summed E-state index contributed by atoms with van der Waals surface area (Å²) in [6, 6.07) is 3.90. The van der Waals surface area contributed by atoms with E-state index in [1.807, 2.05) is 26.2 Å². The number of hydrogen-bond acceptors (Lipinski definition) is 3. The van der Waals surface area contributed by atoms with E-state index in [0.717, 1.165) is 12.4 Å². The molecule has 1 aromatic heterocycles. The number of anilines is 1. The molecule has 0 aliphatic heterocycles. The Balaban J connectivity index is 2.39. The van der Waals surface area contributed by atoms with E-state index in [-0.39, 0.29) is 0 Å². The van der Waals surface area contributed by atoms with Gasteiger partial charge in [0.2, 0.25) is 0 Å². The Labute approximate surface area is 67.1 Å². The Morgan fingerprint density at radius 3 is 2.55 bits per heavy atom. The Bertz CT molecular complexity index is 196.